The highest BCUT2D eigenvalue weighted by atomic mass is 35.5. The van der Waals surface area contributed by atoms with Gasteiger partial charge in [0.25, 0.3) is 0 Å². The fraction of sp³-hybridized carbons (Fsp3) is 0.375. The van der Waals surface area contributed by atoms with E-state index in [0.717, 1.165) is 41.4 Å². The summed E-state index contributed by atoms with van der Waals surface area (Å²) in [6.07, 6.45) is 2.91. The first-order chi connectivity index (χ1) is 9.78. The predicted octanol–water partition coefficient (Wildman–Crippen LogP) is 4.15. The first kappa shape index (κ1) is 15.1. The van der Waals surface area contributed by atoms with Crippen LogP contribution in [0.3, 0.4) is 0 Å². The van der Waals surface area contributed by atoms with E-state index in [1.54, 1.807) is 6.26 Å². The maximum Gasteiger partial charge on any atom is 0.129 e. The number of nitrogens with one attached hydrogen (secondary N) is 1. The summed E-state index contributed by atoms with van der Waals surface area (Å²) >= 11 is 5.92. The van der Waals surface area contributed by atoms with Crippen LogP contribution in [0, 0.1) is 0 Å². The number of halogens is 1. The molecule has 0 aliphatic heterocycles. The van der Waals surface area contributed by atoms with Gasteiger partial charge in [-0.1, -0.05) is 30.7 Å². The number of ether oxygens (including phenoxy) is 1. The van der Waals surface area contributed by atoms with Crippen molar-refractivity contribution in [1.82, 2.24) is 5.32 Å². The van der Waals surface area contributed by atoms with Crippen molar-refractivity contribution in [2.24, 2.45) is 0 Å². The van der Waals surface area contributed by atoms with Gasteiger partial charge >= 0.3 is 0 Å². The van der Waals surface area contributed by atoms with Gasteiger partial charge in [-0.15, -0.1) is 0 Å². The Balaban J connectivity index is 1.74. The molecule has 1 heterocycles. The zero-order valence-corrected chi connectivity index (χ0v) is 12.5. The first-order valence-corrected chi connectivity index (χ1v) is 7.25. The number of rotatable bonds is 8. The highest BCUT2D eigenvalue weighted by molar-refractivity contribution is 6.30. The molecule has 1 aromatic heterocycles. The van der Waals surface area contributed by atoms with Gasteiger partial charge in [0.2, 0.25) is 0 Å². The third-order valence-electron chi connectivity index (χ3n) is 2.87. The standard InChI is InChI=1S/C16H20ClNO2/c1-2-6-18-9-14-8-16(20-11-14)12-19-10-13-4-3-5-15(17)7-13/h3-5,7-8,11,18H,2,6,9-10,12H2,1H3. The van der Waals surface area contributed by atoms with Crippen LogP contribution in [0.2, 0.25) is 5.02 Å². The number of hydrogen-bond acceptors (Lipinski definition) is 3. The molecule has 4 heteroatoms. The summed E-state index contributed by atoms with van der Waals surface area (Å²) in [7, 11) is 0. The van der Waals surface area contributed by atoms with E-state index < -0.39 is 0 Å². The molecule has 0 spiro atoms. The van der Waals surface area contributed by atoms with Gasteiger partial charge in [0.05, 0.1) is 12.9 Å². The van der Waals surface area contributed by atoms with Gasteiger partial charge in [0.1, 0.15) is 12.4 Å². The molecule has 0 saturated carbocycles. The summed E-state index contributed by atoms with van der Waals surface area (Å²) in [5, 5.41) is 4.07. The van der Waals surface area contributed by atoms with Crippen molar-refractivity contribution in [3.05, 3.63) is 58.5 Å². The molecule has 0 unspecified atom stereocenters. The van der Waals surface area contributed by atoms with Crippen molar-refractivity contribution in [2.75, 3.05) is 6.54 Å². The molecule has 20 heavy (non-hydrogen) atoms. The molecule has 1 aromatic carbocycles. The van der Waals surface area contributed by atoms with Crippen LogP contribution in [0.4, 0.5) is 0 Å². The SMILES string of the molecule is CCCNCc1coc(COCc2cccc(Cl)c2)c1. The zero-order valence-electron chi connectivity index (χ0n) is 11.7. The van der Waals surface area contributed by atoms with E-state index in [4.69, 9.17) is 20.8 Å². The second kappa shape index (κ2) is 8.10. The van der Waals surface area contributed by atoms with Gasteiger partial charge in [-0.25, -0.2) is 0 Å². The van der Waals surface area contributed by atoms with E-state index in [0.29, 0.717) is 13.2 Å². The lowest BCUT2D eigenvalue weighted by Crippen LogP contribution is -2.13. The molecule has 108 valence electrons. The topological polar surface area (TPSA) is 34.4 Å². The highest BCUT2D eigenvalue weighted by Gasteiger charge is 2.02. The van der Waals surface area contributed by atoms with Crippen molar-refractivity contribution < 1.29 is 9.15 Å². The fourth-order valence-corrected chi connectivity index (χ4v) is 2.11. The molecule has 0 saturated heterocycles. The minimum atomic E-state index is 0.473. The van der Waals surface area contributed by atoms with Gasteiger partial charge in [-0.3, -0.25) is 0 Å². The van der Waals surface area contributed by atoms with Crippen LogP contribution >= 0.6 is 11.6 Å². The number of hydrogen-bond donors (Lipinski definition) is 1. The molecule has 0 radical (unpaired) electrons. The average molecular weight is 294 g/mol. The van der Waals surface area contributed by atoms with E-state index >= 15 is 0 Å². The predicted molar refractivity (Wildman–Crippen MR) is 80.7 cm³/mol. The van der Waals surface area contributed by atoms with Crippen LogP contribution in [0.1, 0.15) is 30.2 Å². The Labute approximate surface area is 124 Å². The minimum absolute atomic E-state index is 0.473. The van der Waals surface area contributed by atoms with Crippen molar-refractivity contribution in [3.63, 3.8) is 0 Å². The molecule has 0 bridgehead atoms. The van der Waals surface area contributed by atoms with Crippen molar-refractivity contribution in [1.29, 1.82) is 0 Å². The lowest BCUT2D eigenvalue weighted by atomic mass is 10.2. The Hall–Kier alpha value is -1.29. The van der Waals surface area contributed by atoms with Crippen LogP contribution in [0.25, 0.3) is 0 Å². The maximum absolute atomic E-state index is 5.92. The summed E-state index contributed by atoms with van der Waals surface area (Å²) < 4.78 is 11.1. The lowest BCUT2D eigenvalue weighted by molar-refractivity contribution is 0.0929. The summed E-state index contributed by atoms with van der Waals surface area (Å²) in [5.74, 6) is 0.848. The monoisotopic (exact) mass is 293 g/mol. The Bertz CT molecular complexity index is 525. The van der Waals surface area contributed by atoms with Gasteiger partial charge in [-0.05, 0) is 36.7 Å². The molecule has 2 aromatic rings. The van der Waals surface area contributed by atoms with E-state index in [2.05, 4.69) is 12.2 Å². The lowest BCUT2D eigenvalue weighted by Gasteiger charge is -2.02. The molecule has 0 aliphatic rings. The van der Waals surface area contributed by atoms with Gasteiger partial charge in [-0.2, -0.15) is 0 Å². The van der Waals surface area contributed by atoms with E-state index in [-0.39, 0.29) is 0 Å². The largest absolute Gasteiger partial charge is 0.467 e. The van der Waals surface area contributed by atoms with Crippen LogP contribution in [0.15, 0.2) is 41.0 Å². The summed E-state index contributed by atoms with van der Waals surface area (Å²) in [6, 6.07) is 9.71. The Morgan fingerprint density at radius 3 is 2.90 bits per heavy atom. The molecule has 0 amide bonds. The summed E-state index contributed by atoms with van der Waals surface area (Å²) in [5.41, 5.74) is 2.22. The first-order valence-electron chi connectivity index (χ1n) is 6.87. The molecular formula is C16H20ClNO2. The van der Waals surface area contributed by atoms with Crippen LogP contribution in [0.5, 0.6) is 0 Å². The van der Waals surface area contributed by atoms with E-state index in [1.165, 1.54) is 0 Å². The number of benzene rings is 1. The second-order valence-corrected chi connectivity index (χ2v) is 5.16. The second-order valence-electron chi connectivity index (χ2n) is 4.72. The Kier molecular flexibility index (Phi) is 6.12. The van der Waals surface area contributed by atoms with Gasteiger partial charge in [0.15, 0.2) is 0 Å². The summed E-state index contributed by atoms with van der Waals surface area (Å²) in [6.45, 7) is 5.01. The quantitative estimate of drug-likeness (QED) is 0.743. The van der Waals surface area contributed by atoms with Crippen LogP contribution < -0.4 is 5.32 Å². The zero-order chi connectivity index (χ0) is 14.2. The van der Waals surface area contributed by atoms with Gasteiger partial charge in [0, 0.05) is 17.1 Å². The molecule has 0 aliphatic carbocycles. The Morgan fingerprint density at radius 2 is 2.10 bits per heavy atom. The minimum Gasteiger partial charge on any atom is -0.467 e. The Morgan fingerprint density at radius 1 is 1.20 bits per heavy atom. The third-order valence-corrected chi connectivity index (χ3v) is 3.10. The highest BCUT2D eigenvalue weighted by Crippen LogP contribution is 2.13. The van der Waals surface area contributed by atoms with Crippen LogP contribution in [-0.2, 0) is 24.5 Å². The molecule has 0 atom stereocenters. The van der Waals surface area contributed by atoms with Crippen molar-refractivity contribution in [3.8, 4) is 0 Å². The smallest absolute Gasteiger partial charge is 0.129 e. The van der Waals surface area contributed by atoms with Crippen molar-refractivity contribution in [2.45, 2.75) is 33.1 Å². The van der Waals surface area contributed by atoms with Gasteiger partial charge < -0.3 is 14.5 Å². The van der Waals surface area contributed by atoms with Crippen LogP contribution in [-0.4, -0.2) is 6.54 Å². The molecule has 1 N–H and O–H groups in total. The van der Waals surface area contributed by atoms with E-state index in [9.17, 15) is 0 Å². The third kappa shape index (κ3) is 5.00. The normalized spacial score (nSPS) is 10.9. The number of furan rings is 1. The molecule has 2 rings (SSSR count). The maximum atomic E-state index is 5.92. The molecule has 3 nitrogen and oxygen atoms in total. The summed E-state index contributed by atoms with van der Waals surface area (Å²) in [4.78, 5) is 0. The fourth-order valence-electron chi connectivity index (χ4n) is 1.90. The molecular weight excluding hydrogens is 274 g/mol. The van der Waals surface area contributed by atoms with Crippen molar-refractivity contribution >= 4 is 11.6 Å². The average Bonchev–Trinajstić information content (AvgIpc) is 2.87. The van der Waals surface area contributed by atoms with E-state index in [1.807, 2.05) is 30.3 Å². The molecule has 0 fully saturated rings.